The zero-order valence-corrected chi connectivity index (χ0v) is 23.3. The maximum absolute atomic E-state index is 12.5. The van der Waals surface area contributed by atoms with E-state index in [1.54, 1.807) is 24.3 Å². The fraction of sp³-hybridized carbons (Fsp3) is 0.452. The van der Waals surface area contributed by atoms with E-state index in [1.807, 2.05) is 24.3 Å². The van der Waals surface area contributed by atoms with E-state index >= 15 is 0 Å². The molecule has 2 aromatic carbocycles. The largest absolute Gasteiger partial charge is 0.391 e. The Morgan fingerprint density at radius 3 is 2.15 bits per heavy atom. The fourth-order valence-corrected chi connectivity index (χ4v) is 6.03. The summed E-state index contributed by atoms with van der Waals surface area (Å²) in [6, 6.07) is 12.8. The molecule has 6 N–H and O–H groups in total. The first-order valence-corrected chi connectivity index (χ1v) is 13.7. The molecule has 9 nitrogen and oxygen atoms in total. The number of carbonyl (C=O) groups is 3. The summed E-state index contributed by atoms with van der Waals surface area (Å²) in [6.45, 7) is 8.67. The lowest BCUT2D eigenvalue weighted by molar-refractivity contribution is -0.133. The molecule has 0 spiro atoms. The van der Waals surface area contributed by atoms with Crippen LogP contribution in [-0.4, -0.2) is 52.8 Å². The Balaban J connectivity index is 0.00000462. The lowest BCUT2D eigenvalue weighted by atomic mass is 9.45. The third-order valence-electron chi connectivity index (χ3n) is 8.71. The Morgan fingerprint density at radius 1 is 1.02 bits per heavy atom. The molecule has 3 amide bonds. The summed E-state index contributed by atoms with van der Waals surface area (Å²) in [4.78, 5) is 36.5. The third-order valence-corrected chi connectivity index (χ3v) is 8.71. The van der Waals surface area contributed by atoms with Gasteiger partial charge in [-0.25, -0.2) is 5.48 Å². The van der Waals surface area contributed by atoms with Crippen molar-refractivity contribution in [1.29, 1.82) is 0 Å². The molecule has 0 saturated heterocycles. The van der Waals surface area contributed by atoms with Gasteiger partial charge in [0.15, 0.2) is 0 Å². The number of carbonyl (C=O) groups excluding carboxylic acids is 3. The number of hydroxylamine groups is 1. The van der Waals surface area contributed by atoms with Crippen LogP contribution in [0.2, 0.25) is 0 Å². The zero-order chi connectivity index (χ0) is 29.0. The molecule has 6 atom stereocenters. The number of aliphatic hydroxyl groups is 1. The lowest BCUT2D eigenvalue weighted by Gasteiger charge is -2.62. The zero-order valence-electron chi connectivity index (χ0n) is 23.3. The smallest absolute Gasteiger partial charge is 0.268 e. The number of hydrogen-bond acceptors (Lipinski definition) is 6. The molecule has 9 heteroatoms. The quantitative estimate of drug-likeness (QED) is 0.170. The second-order valence-corrected chi connectivity index (χ2v) is 11.6. The second kappa shape index (κ2) is 12.2. The third kappa shape index (κ3) is 6.53. The molecule has 2 aromatic rings. The van der Waals surface area contributed by atoms with Crippen molar-refractivity contribution < 1.29 is 26.1 Å². The van der Waals surface area contributed by atoms with Gasteiger partial charge in [0.05, 0.1) is 12.6 Å². The lowest BCUT2D eigenvalue weighted by Crippen LogP contribution is -2.60. The van der Waals surface area contributed by atoms with Gasteiger partial charge in [0.25, 0.3) is 11.8 Å². The summed E-state index contributed by atoms with van der Waals surface area (Å²) < 4.78 is 0. The maximum Gasteiger partial charge on any atom is 0.268 e. The molecule has 3 saturated carbocycles. The van der Waals surface area contributed by atoms with Crippen molar-refractivity contribution >= 4 is 23.4 Å². The van der Waals surface area contributed by atoms with E-state index in [9.17, 15) is 19.5 Å². The Bertz CT molecular complexity index is 1300. The van der Waals surface area contributed by atoms with Crippen LogP contribution in [-0.2, 0) is 9.59 Å². The summed E-state index contributed by atoms with van der Waals surface area (Å²) in [5.41, 5.74) is 4.28. The first kappa shape index (κ1) is 29.3. The van der Waals surface area contributed by atoms with E-state index in [1.165, 1.54) is 18.8 Å². The van der Waals surface area contributed by atoms with Crippen LogP contribution in [0.25, 0.3) is 0 Å². The Hall–Kier alpha value is -3.71. The Kier molecular flexibility index (Phi) is 8.94. The number of amides is 3. The van der Waals surface area contributed by atoms with Crippen LogP contribution >= 0.6 is 0 Å². The highest BCUT2D eigenvalue weighted by molar-refractivity contribution is 5.97. The van der Waals surface area contributed by atoms with Crippen molar-refractivity contribution in [2.75, 3.05) is 11.9 Å². The molecule has 214 valence electrons. The summed E-state index contributed by atoms with van der Waals surface area (Å²) >= 11 is 0. The fourth-order valence-electron chi connectivity index (χ4n) is 6.03. The molecule has 3 fully saturated rings. The van der Waals surface area contributed by atoms with Crippen molar-refractivity contribution in [1.82, 2.24) is 16.1 Å². The van der Waals surface area contributed by atoms with Gasteiger partial charge in [0.2, 0.25) is 5.91 Å². The van der Waals surface area contributed by atoms with Crippen LogP contribution in [0.4, 0.5) is 5.69 Å². The first-order chi connectivity index (χ1) is 19.0. The number of benzene rings is 2. The summed E-state index contributed by atoms with van der Waals surface area (Å²) in [6.07, 6.45) is 1.25. The second-order valence-electron chi connectivity index (χ2n) is 11.6. The van der Waals surface area contributed by atoms with E-state index in [0.29, 0.717) is 35.2 Å². The summed E-state index contributed by atoms with van der Waals surface area (Å²) in [5.74, 6) is 6.58. The minimum absolute atomic E-state index is 0. The molecular weight excluding hydrogens is 508 g/mol. The predicted molar refractivity (Wildman–Crippen MR) is 153 cm³/mol. The van der Waals surface area contributed by atoms with Crippen molar-refractivity contribution in [3.05, 3.63) is 65.2 Å². The Labute approximate surface area is 236 Å². The van der Waals surface area contributed by atoms with E-state index in [-0.39, 0.29) is 12.9 Å². The van der Waals surface area contributed by atoms with Crippen LogP contribution in [0.3, 0.4) is 0 Å². The first-order valence-electron chi connectivity index (χ1n) is 13.7. The molecule has 3 aliphatic carbocycles. The van der Waals surface area contributed by atoms with Crippen molar-refractivity contribution in [3.63, 3.8) is 0 Å². The van der Waals surface area contributed by atoms with Crippen molar-refractivity contribution in [3.8, 4) is 11.8 Å². The molecule has 3 aliphatic rings. The molecule has 0 aromatic heterocycles. The van der Waals surface area contributed by atoms with Crippen molar-refractivity contribution in [2.45, 2.75) is 58.7 Å². The van der Waals surface area contributed by atoms with Crippen molar-refractivity contribution in [2.24, 2.45) is 23.2 Å². The van der Waals surface area contributed by atoms with E-state index in [4.69, 9.17) is 5.21 Å². The van der Waals surface area contributed by atoms with Gasteiger partial charge in [0, 0.05) is 29.8 Å². The number of anilines is 1. The van der Waals surface area contributed by atoms with Gasteiger partial charge in [-0.2, -0.15) is 0 Å². The van der Waals surface area contributed by atoms with Gasteiger partial charge in [-0.05, 0) is 91.5 Å². The van der Waals surface area contributed by atoms with E-state index < -0.39 is 24.0 Å². The molecule has 0 heterocycles. The SMILES string of the molecule is C[C@@H]1[C@@H](NCC(=O)Nc2ccc(C#Cc3ccc(C(=O)N[C@H](C(=O)NO)[C@@H](C)O)cc3)cc2)CC2C[C@@H]1C2(C)C.[HH]. The molecule has 1 unspecified atom stereocenters. The van der Waals surface area contributed by atoms with Crippen LogP contribution < -0.4 is 21.4 Å². The predicted octanol–water partition coefficient (Wildman–Crippen LogP) is 2.92. The molecule has 5 rings (SSSR count). The molecular formula is C31H40N4O5. The highest BCUT2D eigenvalue weighted by Crippen LogP contribution is 2.61. The van der Waals surface area contributed by atoms with Crippen LogP contribution in [0, 0.1) is 35.0 Å². The molecule has 2 bridgehead atoms. The highest BCUT2D eigenvalue weighted by Gasteiger charge is 2.56. The minimum Gasteiger partial charge on any atom is -0.391 e. The summed E-state index contributed by atoms with van der Waals surface area (Å²) in [7, 11) is 0. The van der Waals surface area contributed by atoms with Gasteiger partial charge in [-0.15, -0.1) is 0 Å². The van der Waals surface area contributed by atoms with Gasteiger partial charge in [-0.1, -0.05) is 32.6 Å². The molecule has 0 aliphatic heterocycles. The number of nitrogens with one attached hydrogen (secondary N) is 4. The highest BCUT2D eigenvalue weighted by atomic mass is 16.5. The van der Waals surface area contributed by atoms with Crippen LogP contribution in [0.15, 0.2) is 48.5 Å². The number of hydrogen-bond donors (Lipinski definition) is 6. The van der Waals surface area contributed by atoms with Gasteiger partial charge in [-0.3, -0.25) is 19.6 Å². The van der Waals surface area contributed by atoms with Crippen LogP contribution in [0.5, 0.6) is 0 Å². The number of rotatable bonds is 8. The van der Waals surface area contributed by atoms with E-state index in [2.05, 4.69) is 48.6 Å². The minimum atomic E-state index is -1.29. The van der Waals surface area contributed by atoms with E-state index in [0.717, 1.165) is 23.8 Å². The number of fused-ring (bicyclic) bond motifs is 2. The maximum atomic E-state index is 12.5. The van der Waals surface area contributed by atoms with Gasteiger partial charge >= 0.3 is 0 Å². The average molecular weight is 549 g/mol. The van der Waals surface area contributed by atoms with Gasteiger partial charge in [0.1, 0.15) is 6.04 Å². The van der Waals surface area contributed by atoms with Crippen LogP contribution in [0.1, 0.15) is 63.4 Å². The Morgan fingerprint density at radius 2 is 1.62 bits per heavy atom. The monoisotopic (exact) mass is 548 g/mol. The molecule has 0 radical (unpaired) electrons. The normalized spacial score (nSPS) is 23.9. The number of aliphatic hydroxyl groups excluding tert-OH is 1. The van der Waals surface area contributed by atoms with Gasteiger partial charge < -0.3 is 21.1 Å². The standard InChI is InChI=1S/C31H38N4O5.H2/c1-18-25-15-23(31(25,3)4)16-26(18)32-17-27(37)33-24-13-9-21(10-14-24)6-5-20-7-11-22(12-8-20)29(38)34-28(19(2)36)30(39)35-40;/h7-14,18-19,23,25-26,28,32,36,40H,15-17H2,1-4H3,(H,33,37)(H,34,38)(H,35,39);1H/t18-,19+,23?,25-,26-,28-;/m0./s1. The topological polar surface area (TPSA) is 140 Å². The average Bonchev–Trinajstić information content (AvgIpc) is 2.94. The molecule has 40 heavy (non-hydrogen) atoms. The summed E-state index contributed by atoms with van der Waals surface area (Å²) in [5, 5.41) is 27.2.